The van der Waals surface area contributed by atoms with Gasteiger partial charge in [0.05, 0.1) is 0 Å². The lowest BCUT2D eigenvalue weighted by Crippen LogP contribution is -2.35. The highest BCUT2D eigenvalue weighted by Gasteiger charge is 2.15. The Morgan fingerprint density at radius 2 is 1.79 bits per heavy atom. The molecule has 1 aromatic carbocycles. The molecular weight excluding hydrogens is 348 g/mol. The average molecular weight is 373 g/mol. The molecule has 2 N–H and O–H groups in total. The minimum Gasteiger partial charge on any atom is -0.444 e. The summed E-state index contributed by atoms with van der Waals surface area (Å²) >= 11 is 7.58. The summed E-state index contributed by atoms with van der Waals surface area (Å²) < 4.78 is 5.09. The van der Waals surface area contributed by atoms with Crippen LogP contribution in [0.3, 0.4) is 0 Å². The monoisotopic (exact) mass is 372 g/mol. The molecule has 5 nitrogen and oxygen atoms in total. The average Bonchev–Trinajstić information content (AvgIpc) is 2.47. The zero-order valence-corrected chi connectivity index (χ0v) is 15.9. The Balaban J connectivity index is 2.04. The minimum absolute atomic E-state index is 0.0850. The van der Waals surface area contributed by atoms with Crippen LogP contribution in [0, 0.1) is 0 Å². The topological polar surface area (TPSA) is 67.4 Å². The van der Waals surface area contributed by atoms with Crippen LogP contribution in [0.25, 0.3) is 0 Å². The van der Waals surface area contributed by atoms with Gasteiger partial charge in [0.25, 0.3) is 0 Å². The highest BCUT2D eigenvalue weighted by molar-refractivity contribution is 7.98. The Hall–Kier alpha value is -1.40. The number of halogens is 1. The molecule has 0 aliphatic rings. The predicted molar refractivity (Wildman–Crippen MR) is 99.5 cm³/mol. The smallest absolute Gasteiger partial charge is 0.407 e. The molecule has 0 unspecified atom stereocenters. The fourth-order valence-electron chi connectivity index (χ4n) is 1.71. The third-order valence-electron chi connectivity index (χ3n) is 2.77. The number of benzene rings is 1. The zero-order valence-electron chi connectivity index (χ0n) is 14.4. The van der Waals surface area contributed by atoms with Gasteiger partial charge in [0.2, 0.25) is 5.91 Å². The Labute approximate surface area is 152 Å². The molecule has 0 spiro atoms. The quantitative estimate of drug-likeness (QED) is 0.684. The highest BCUT2D eigenvalue weighted by atomic mass is 35.5. The minimum atomic E-state index is -0.534. The van der Waals surface area contributed by atoms with Gasteiger partial charge in [-0.3, -0.25) is 4.79 Å². The van der Waals surface area contributed by atoms with Crippen LogP contribution in [0.2, 0.25) is 5.02 Å². The van der Waals surface area contributed by atoms with E-state index in [2.05, 4.69) is 10.6 Å². The molecule has 0 saturated heterocycles. The Bertz CT molecular complexity index is 530. The third kappa shape index (κ3) is 10.4. The van der Waals surface area contributed by atoms with Crippen molar-refractivity contribution in [3.05, 3.63) is 34.9 Å². The Kier molecular flexibility index (Phi) is 9.00. The molecule has 0 fully saturated rings. The molecule has 7 heteroatoms. The molecule has 0 radical (unpaired) electrons. The van der Waals surface area contributed by atoms with Crippen molar-refractivity contribution in [2.45, 2.75) is 38.5 Å². The highest BCUT2D eigenvalue weighted by Crippen LogP contribution is 2.14. The van der Waals surface area contributed by atoms with Crippen molar-refractivity contribution in [3.63, 3.8) is 0 Å². The summed E-state index contributed by atoms with van der Waals surface area (Å²) in [6.45, 7) is 6.24. The van der Waals surface area contributed by atoms with Gasteiger partial charge in [0, 0.05) is 36.0 Å². The molecule has 134 valence electrons. The van der Waals surface area contributed by atoms with Gasteiger partial charge in [0.15, 0.2) is 0 Å². The van der Waals surface area contributed by atoms with Gasteiger partial charge in [-0.05, 0) is 38.5 Å². The van der Waals surface area contributed by atoms with Gasteiger partial charge >= 0.3 is 6.09 Å². The van der Waals surface area contributed by atoms with E-state index in [1.807, 2.05) is 24.3 Å². The second kappa shape index (κ2) is 10.5. The third-order valence-corrected chi connectivity index (χ3v) is 4.05. The van der Waals surface area contributed by atoms with Crippen molar-refractivity contribution in [1.82, 2.24) is 10.6 Å². The van der Waals surface area contributed by atoms with Crippen molar-refractivity contribution in [2.24, 2.45) is 0 Å². The standard InChI is InChI=1S/C17H25ClN2O3S/c1-17(2,3)23-16(22)20-9-8-15(21)19-10-11-24-12-13-4-6-14(18)7-5-13/h4-7H,8-12H2,1-3H3,(H,19,21)(H,20,22). The maximum absolute atomic E-state index is 11.7. The number of hydrogen-bond donors (Lipinski definition) is 2. The first-order valence-corrected chi connectivity index (χ1v) is 9.35. The second-order valence-corrected chi connectivity index (χ2v) is 7.75. The number of hydrogen-bond acceptors (Lipinski definition) is 4. The summed E-state index contributed by atoms with van der Waals surface area (Å²) in [6, 6.07) is 7.74. The Morgan fingerprint density at radius 1 is 1.12 bits per heavy atom. The summed E-state index contributed by atoms with van der Waals surface area (Å²) in [4.78, 5) is 23.1. The molecular formula is C17H25ClN2O3S. The molecule has 1 rings (SSSR count). The molecule has 24 heavy (non-hydrogen) atoms. The fraction of sp³-hybridized carbons (Fsp3) is 0.529. The molecule has 0 saturated carbocycles. The summed E-state index contributed by atoms with van der Waals surface area (Å²) in [7, 11) is 0. The number of carbonyl (C=O) groups excluding carboxylic acids is 2. The number of ether oxygens (including phenoxy) is 1. The van der Waals surface area contributed by atoms with E-state index in [9.17, 15) is 9.59 Å². The van der Waals surface area contributed by atoms with Gasteiger partial charge in [-0.2, -0.15) is 11.8 Å². The van der Waals surface area contributed by atoms with E-state index in [1.54, 1.807) is 32.5 Å². The van der Waals surface area contributed by atoms with Crippen LogP contribution < -0.4 is 10.6 Å². The summed E-state index contributed by atoms with van der Waals surface area (Å²) in [5.74, 6) is 1.62. The van der Waals surface area contributed by atoms with Gasteiger partial charge in [-0.15, -0.1) is 0 Å². The van der Waals surface area contributed by atoms with Crippen molar-refractivity contribution in [1.29, 1.82) is 0 Å². The lowest BCUT2D eigenvalue weighted by Gasteiger charge is -2.19. The summed E-state index contributed by atoms with van der Waals surface area (Å²) in [5.41, 5.74) is 0.672. The van der Waals surface area contributed by atoms with Gasteiger partial charge in [-0.1, -0.05) is 23.7 Å². The van der Waals surface area contributed by atoms with Crippen LogP contribution in [0.5, 0.6) is 0 Å². The number of nitrogens with one attached hydrogen (secondary N) is 2. The first kappa shape index (κ1) is 20.6. The van der Waals surface area contributed by atoms with E-state index in [1.165, 1.54) is 5.56 Å². The van der Waals surface area contributed by atoms with Crippen LogP contribution in [-0.2, 0) is 15.3 Å². The summed E-state index contributed by atoms with van der Waals surface area (Å²) in [6.07, 6.45) is -0.269. The fourth-order valence-corrected chi connectivity index (χ4v) is 2.66. The lowest BCUT2D eigenvalue weighted by molar-refractivity contribution is -0.120. The maximum atomic E-state index is 11.7. The first-order valence-electron chi connectivity index (χ1n) is 7.82. The Morgan fingerprint density at radius 3 is 2.42 bits per heavy atom. The largest absolute Gasteiger partial charge is 0.444 e. The first-order chi connectivity index (χ1) is 11.3. The van der Waals surface area contributed by atoms with E-state index >= 15 is 0 Å². The van der Waals surface area contributed by atoms with Crippen LogP contribution >= 0.6 is 23.4 Å². The van der Waals surface area contributed by atoms with Crippen molar-refractivity contribution < 1.29 is 14.3 Å². The number of alkyl carbamates (subject to hydrolysis) is 1. The number of rotatable bonds is 8. The van der Waals surface area contributed by atoms with Crippen molar-refractivity contribution >= 4 is 35.4 Å². The van der Waals surface area contributed by atoms with Gasteiger partial charge in [0.1, 0.15) is 5.60 Å². The van der Waals surface area contributed by atoms with E-state index in [4.69, 9.17) is 16.3 Å². The number of carbonyl (C=O) groups is 2. The van der Waals surface area contributed by atoms with Crippen molar-refractivity contribution in [2.75, 3.05) is 18.8 Å². The molecule has 0 atom stereocenters. The van der Waals surface area contributed by atoms with Gasteiger partial charge < -0.3 is 15.4 Å². The molecule has 0 heterocycles. The molecule has 0 aromatic heterocycles. The van der Waals surface area contributed by atoms with Gasteiger partial charge in [-0.25, -0.2) is 4.79 Å². The number of amides is 2. The second-order valence-electron chi connectivity index (χ2n) is 6.21. The normalized spacial score (nSPS) is 11.0. The molecule has 0 aliphatic heterocycles. The van der Waals surface area contributed by atoms with Crippen molar-refractivity contribution in [3.8, 4) is 0 Å². The summed E-state index contributed by atoms with van der Waals surface area (Å²) in [5, 5.41) is 6.12. The maximum Gasteiger partial charge on any atom is 0.407 e. The molecule has 0 bridgehead atoms. The van der Waals surface area contributed by atoms with E-state index in [-0.39, 0.29) is 18.9 Å². The van der Waals surface area contributed by atoms with Crippen LogP contribution in [0.1, 0.15) is 32.8 Å². The zero-order chi connectivity index (χ0) is 18.0. The van der Waals surface area contributed by atoms with E-state index in [0.29, 0.717) is 6.54 Å². The number of thioether (sulfide) groups is 1. The van der Waals surface area contributed by atoms with E-state index in [0.717, 1.165) is 16.5 Å². The van der Waals surface area contributed by atoms with Crippen LogP contribution in [0.15, 0.2) is 24.3 Å². The molecule has 1 aromatic rings. The van der Waals surface area contributed by atoms with E-state index < -0.39 is 11.7 Å². The SMILES string of the molecule is CC(C)(C)OC(=O)NCCC(=O)NCCSCc1ccc(Cl)cc1. The lowest BCUT2D eigenvalue weighted by atomic mass is 10.2. The predicted octanol–water partition coefficient (Wildman–Crippen LogP) is 3.60. The molecule has 0 aliphatic carbocycles. The molecule has 2 amide bonds. The van der Waals surface area contributed by atoms with Crippen LogP contribution in [0.4, 0.5) is 4.79 Å². The van der Waals surface area contributed by atoms with Crippen LogP contribution in [-0.4, -0.2) is 36.4 Å².